The van der Waals surface area contributed by atoms with Crippen molar-refractivity contribution in [1.29, 1.82) is 0 Å². The van der Waals surface area contributed by atoms with Gasteiger partial charge in [0, 0.05) is 0 Å². The molecule has 0 nitrogen and oxygen atoms in total. The number of rotatable bonds is 2. The van der Waals surface area contributed by atoms with E-state index in [4.69, 9.17) is 0 Å². The Morgan fingerprint density at radius 2 is 2.50 bits per heavy atom. The van der Waals surface area contributed by atoms with Crippen LogP contribution < -0.4 is 0 Å². The van der Waals surface area contributed by atoms with Gasteiger partial charge in [-0.2, -0.15) is 0 Å². The Bertz CT molecular complexity index is 134. The minimum Gasteiger partial charge on any atom is -0.137 e. The molecule has 0 N–H and O–H groups in total. The van der Waals surface area contributed by atoms with Crippen molar-refractivity contribution >= 4 is 43.6 Å². The molecule has 4 heteroatoms. The average molecular weight is 180 g/mol. The molecule has 0 saturated carbocycles. The van der Waals surface area contributed by atoms with E-state index in [1.54, 1.807) is 22.1 Å². The number of thiol groups is 1. The summed E-state index contributed by atoms with van der Waals surface area (Å²) in [5.41, 5.74) is 0. The minimum atomic E-state index is 1.31. The number of hydrogen-bond donors (Lipinski definition) is 1. The molecule has 0 amide bonds. The molecule has 0 saturated heterocycles. The molecule has 0 fully saturated rings. The molecule has 0 spiro atoms. The standard InChI is InChI=1S/C4H4S4/c5-8-7-4-2-1-3-6-4/h1-3,5H. The van der Waals surface area contributed by atoms with Gasteiger partial charge in [0.2, 0.25) is 0 Å². The van der Waals surface area contributed by atoms with Crippen molar-refractivity contribution in [1.82, 2.24) is 0 Å². The first-order chi connectivity index (χ1) is 3.93. The van der Waals surface area contributed by atoms with Crippen LogP contribution in [0.5, 0.6) is 0 Å². The molecular weight excluding hydrogens is 176 g/mol. The molecule has 1 heterocycles. The summed E-state index contributed by atoms with van der Waals surface area (Å²) in [7, 11) is 3.16. The lowest BCUT2D eigenvalue weighted by atomic mass is 10.7. The normalized spacial score (nSPS) is 9.62. The lowest BCUT2D eigenvalue weighted by Crippen LogP contribution is -1.42. The summed E-state index contributed by atoms with van der Waals surface area (Å²) in [6.45, 7) is 0. The second-order valence-electron chi connectivity index (χ2n) is 1.09. The average Bonchev–Trinajstić information content (AvgIpc) is 2.19. The van der Waals surface area contributed by atoms with E-state index in [1.807, 2.05) is 6.07 Å². The van der Waals surface area contributed by atoms with Gasteiger partial charge in [-0.1, -0.05) is 17.7 Å². The van der Waals surface area contributed by atoms with E-state index in [0.29, 0.717) is 0 Å². The molecule has 0 aliphatic rings. The first kappa shape index (κ1) is 6.86. The van der Waals surface area contributed by atoms with E-state index >= 15 is 0 Å². The summed E-state index contributed by atoms with van der Waals surface area (Å²) in [6, 6.07) is 4.12. The number of hydrogen-bond acceptors (Lipinski definition) is 4. The van der Waals surface area contributed by atoms with Gasteiger partial charge in [0.05, 0.1) is 4.21 Å². The molecule has 1 rings (SSSR count). The topological polar surface area (TPSA) is 0 Å². The second kappa shape index (κ2) is 3.71. The Balaban J connectivity index is 2.50. The van der Waals surface area contributed by atoms with Crippen LogP contribution in [0.25, 0.3) is 0 Å². The highest BCUT2D eigenvalue weighted by molar-refractivity contribution is 9.05. The fraction of sp³-hybridized carbons (Fsp3) is 0. The van der Waals surface area contributed by atoms with Crippen molar-refractivity contribution < 1.29 is 0 Å². The maximum Gasteiger partial charge on any atom is 0.0714 e. The Labute approximate surface area is 65.3 Å². The molecule has 0 aliphatic carbocycles. The molecule has 8 heavy (non-hydrogen) atoms. The smallest absolute Gasteiger partial charge is 0.0714 e. The highest BCUT2D eigenvalue weighted by Crippen LogP contribution is 2.35. The summed E-state index contributed by atoms with van der Waals surface area (Å²) >= 11 is 5.73. The Morgan fingerprint density at radius 3 is 3.00 bits per heavy atom. The largest absolute Gasteiger partial charge is 0.137 e. The Kier molecular flexibility index (Phi) is 3.19. The maximum atomic E-state index is 3.99. The maximum absolute atomic E-state index is 3.99. The third kappa shape index (κ3) is 1.93. The quantitative estimate of drug-likeness (QED) is 0.547. The van der Waals surface area contributed by atoms with Gasteiger partial charge in [0.15, 0.2) is 0 Å². The van der Waals surface area contributed by atoms with E-state index in [1.165, 1.54) is 14.0 Å². The molecule has 0 aromatic carbocycles. The predicted molar refractivity (Wildman–Crippen MR) is 46.8 cm³/mol. The van der Waals surface area contributed by atoms with Crippen molar-refractivity contribution in [3.8, 4) is 0 Å². The van der Waals surface area contributed by atoms with Crippen molar-refractivity contribution in [3.63, 3.8) is 0 Å². The third-order valence-electron chi connectivity index (χ3n) is 0.614. The van der Waals surface area contributed by atoms with Gasteiger partial charge in [0.25, 0.3) is 0 Å². The van der Waals surface area contributed by atoms with Crippen LogP contribution in [0.4, 0.5) is 0 Å². The summed E-state index contributed by atoms with van der Waals surface area (Å²) in [5, 5.41) is 2.06. The van der Waals surface area contributed by atoms with Gasteiger partial charge >= 0.3 is 0 Å². The molecule has 1 aromatic heterocycles. The molecule has 44 valence electrons. The van der Waals surface area contributed by atoms with Crippen molar-refractivity contribution in [2.24, 2.45) is 0 Å². The van der Waals surface area contributed by atoms with Gasteiger partial charge in [-0.05, 0) is 32.1 Å². The Hall–Kier alpha value is 0.750. The van der Waals surface area contributed by atoms with Crippen LogP contribution in [0.1, 0.15) is 0 Å². The van der Waals surface area contributed by atoms with Gasteiger partial charge in [-0.3, -0.25) is 0 Å². The summed E-state index contributed by atoms with van der Waals surface area (Å²) in [6.07, 6.45) is 0. The molecule has 0 atom stereocenters. The molecule has 0 bridgehead atoms. The van der Waals surface area contributed by atoms with Crippen LogP contribution in [0.15, 0.2) is 21.7 Å². The summed E-state index contributed by atoms with van der Waals surface area (Å²) in [4.78, 5) is 0. The Morgan fingerprint density at radius 1 is 1.62 bits per heavy atom. The first-order valence-corrected chi connectivity index (χ1v) is 6.03. The zero-order valence-corrected chi connectivity index (χ0v) is 7.25. The molecular formula is C4H4S4. The fourth-order valence-corrected chi connectivity index (χ4v) is 3.55. The van der Waals surface area contributed by atoms with E-state index in [2.05, 4.69) is 23.1 Å². The van der Waals surface area contributed by atoms with Crippen LogP contribution in [-0.4, -0.2) is 0 Å². The zero-order valence-electron chi connectivity index (χ0n) is 3.90. The minimum absolute atomic E-state index is 1.31. The van der Waals surface area contributed by atoms with Crippen molar-refractivity contribution in [2.75, 3.05) is 0 Å². The van der Waals surface area contributed by atoms with Gasteiger partial charge < -0.3 is 0 Å². The highest BCUT2D eigenvalue weighted by Gasteiger charge is 1.89. The van der Waals surface area contributed by atoms with Crippen LogP contribution >= 0.6 is 43.6 Å². The van der Waals surface area contributed by atoms with Crippen LogP contribution in [0.2, 0.25) is 0 Å². The predicted octanol–water partition coefficient (Wildman–Crippen LogP) is 3.33. The summed E-state index contributed by atoms with van der Waals surface area (Å²) < 4.78 is 1.31. The van der Waals surface area contributed by atoms with Gasteiger partial charge in [0.1, 0.15) is 0 Å². The zero-order chi connectivity index (χ0) is 5.82. The SMILES string of the molecule is SSSc1cccs1. The molecule has 0 unspecified atom stereocenters. The lowest BCUT2D eigenvalue weighted by molar-refractivity contribution is 1.76. The molecule has 1 aromatic rings. The lowest BCUT2D eigenvalue weighted by Gasteiger charge is -1.83. The highest BCUT2D eigenvalue weighted by atomic mass is 33.5. The van der Waals surface area contributed by atoms with Gasteiger partial charge in [-0.15, -0.1) is 11.3 Å². The third-order valence-corrected chi connectivity index (χ3v) is 3.94. The first-order valence-electron chi connectivity index (χ1n) is 1.95. The van der Waals surface area contributed by atoms with E-state index in [-0.39, 0.29) is 0 Å². The van der Waals surface area contributed by atoms with Crippen molar-refractivity contribution in [2.45, 2.75) is 4.21 Å². The van der Waals surface area contributed by atoms with Crippen LogP contribution in [0, 0.1) is 0 Å². The fourth-order valence-electron chi connectivity index (χ4n) is 0.348. The van der Waals surface area contributed by atoms with Crippen molar-refractivity contribution in [3.05, 3.63) is 17.5 Å². The monoisotopic (exact) mass is 180 g/mol. The molecule has 0 aliphatic heterocycles. The van der Waals surface area contributed by atoms with E-state index < -0.39 is 0 Å². The van der Waals surface area contributed by atoms with Crippen LogP contribution in [0.3, 0.4) is 0 Å². The van der Waals surface area contributed by atoms with Crippen LogP contribution in [-0.2, 0) is 0 Å². The van der Waals surface area contributed by atoms with E-state index in [9.17, 15) is 0 Å². The molecule has 0 radical (unpaired) electrons. The van der Waals surface area contributed by atoms with Gasteiger partial charge in [-0.25, -0.2) is 0 Å². The number of thiophene rings is 1. The second-order valence-corrected chi connectivity index (χ2v) is 5.34. The van der Waals surface area contributed by atoms with E-state index in [0.717, 1.165) is 0 Å². The summed E-state index contributed by atoms with van der Waals surface area (Å²) in [5.74, 6) is 0.